The Balaban J connectivity index is 2.32. The van der Waals surface area contributed by atoms with Gasteiger partial charge in [0.2, 0.25) is 0 Å². The smallest absolute Gasteiger partial charge is 0.122 e. The van der Waals surface area contributed by atoms with Gasteiger partial charge in [-0.3, -0.25) is 0 Å². The van der Waals surface area contributed by atoms with Crippen molar-refractivity contribution in [3.8, 4) is 11.5 Å². The molecule has 0 saturated carbocycles. The summed E-state index contributed by atoms with van der Waals surface area (Å²) >= 11 is 0. The molecule has 1 atom stereocenters. The highest BCUT2D eigenvalue weighted by molar-refractivity contribution is 5.41. The quantitative estimate of drug-likeness (QED) is 0.906. The Bertz CT molecular complexity index is 401. The molecule has 0 aromatic heterocycles. The van der Waals surface area contributed by atoms with Crippen LogP contribution in [0.25, 0.3) is 0 Å². The van der Waals surface area contributed by atoms with Crippen LogP contribution in [-0.4, -0.2) is 27.3 Å². The number of rotatable bonds is 4. The highest BCUT2D eigenvalue weighted by atomic mass is 16.5. The van der Waals surface area contributed by atoms with Crippen LogP contribution >= 0.6 is 0 Å². The predicted octanol–water partition coefficient (Wildman–Crippen LogP) is 2.98. The molecule has 106 valence electrons. The molecule has 2 rings (SSSR count). The Morgan fingerprint density at radius 2 is 1.74 bits per heavy atom. The maximum absolute atomic E-state index is 5.38. The summed E-state index contributed by atoms with van der Waals surface area (Å²) in [6.45, 7) is 6.87. The Labute approximate surface area is 116 Å². The standard InChI is InChI=1S/C16H25NO2/c1-16(2,12-6-5-7-17-11-12)13-8-14(18-3)10-15(9-13)19-4/h8-10,12,17H,5-7,11H2,1-4H3. The summed E-state index contributed by atoms with van der Waals surface area (Å²) in [6.07, 6.45) is 2.54. The first-order valence-corrected chi connectivity index (χ1v) is 7.02. The number of piperidine rings is 1. The second-order valence-corrected chi connectivity index (χ2v) is 5.87. The fourth-order valence-electron chi connectivity index (χ4n) is 2.88. The first-order chi connectivity index (χ1) is 9.07. The van der Waals surface area contributed by atoms with Gasteiger partial charge in [-0.05, 0) is 55.0 Å². The van der Waals surface area contributed by atoms with Crippen LogP contribution in [0.3, 0.4) is 0 Å². The van der Waals surface area contributed by atoms with Crippen LogP contribution < -0.4 is 14.8 Å². The first kappa shape index (κ1) is 14.2. The molecular weight excluding hydrogens is 238 g/mol. The summed E-state index contributed by atoms with van der Waals surface area (Å²) in [5.74, 6) is 2.38. The Hall–Kier alpha value is -1.22. The van der Waals surface area contributed by atoms with Gasteiger partial charge in [0.25, 0.3) is 0 Å². The molecule has 0 aliphatic carbocycles. The molecule has 1 saturated heterocycles. The maximum Gasteiger partial charge on any atom is 0.122 e. The Morgan fingerprint density at radius 1 is 1.11 bits per heavy atom. The van der Waals surface area contributed by atoms with Crippen molar-refractivity contribution in [2.75, 3.05) is 27.3 Å². The molecule has 1 N–H and O–H groups in total. The fraction of sp³-hybridized carbons (Fsp3) is 0.625. The number of hydrogen-bond donors (Lipinski definition) is 1. The Morgan fingerprint density at radius 3 is 2.21 bits per heavy atom. The van der Waals surface area contributed by atoms with Crippen molar-refractivity contribution >= 4 is 0 Å². The molecule has 3 nitrogen and oxygen atoms in total. The lowest BCUT2D eigenvalue weighted by atomic mass is 9.70. The lowest BCUT2D eigenvalue weighted by molar-refractivity contribution is 0.250. The number of ether oxygens (including phenoxy) is 2. The van der Waals surface area contributed by atoms with Gasteiger partial charge in [0.15, 0.2) is 0 Å². The van der Waals surface area contributed by atoms with E-state index in [9.17, 15) is 0 Å². The molecule has 1 aromatic rings. The highest BCUT2D eigenvalue weighted by Gasteiger charge is 2.32. The van der Waals surface area contributed by atoms with Crippen molar-refractivity contribution in [2.45, 2.75) is 32.1 Å². The van der Waals surface area contributed by atoms with Gasteiger partial charge >= 0.3 is 0 Å². The lowest BCUT2D eigenvalue weighted by Gasteiger charge is -2.38. The van der Waals surface area contributed by atoms with E-state index in [0.717, 1.165) is 24.6 Å². The molecule has 0 radical (unpaired) electrons. The zero-order chi connectivity index (χ0) is 13.9. The van der Waals surface area contributed by atoms with Crippen LogP contribution in [-0.2, 0) is 5.41 Å². The van der Waals surface area contributed by atoms with Gasteiger partial charge in [-0.15, -0.1) is 0 Å². The van der Waals surface area contributed by atoms with E-state index >= 15 is 0 Å². The lowest BCUT2D eigenvalue weighted by Crippen LogP contribution is -2.40. The van der Waals surface area contributed by atoms with E-state index in [1.807, 2.05) is 6.07 Å². The molecule has 1 aliphatic rings. The largest absolute Gasteiger partial charge is 0.497 e. The van der Waals surface area contributed by atoms with Crippen molar-refractivity contribution in [2.24, 2.45) is 5.92 Å². The molecule has 1 fully saturated rings. The molecule has 1 heterocycles. The number of benzene rings is 1. The fourth-order valence-corrected chi connectivity index (χ4v) is 2.88. The van der Waals surface area contributed by atoms with Crippen molar-refractivity contribution in [3.63, 3.8) is 0 Å². The van der Waals surface area contributed by atoms with Crippen LogP contribution in [0, 0.1) is 5.92 Å². The maximum atomic E-state index is 5.38. The summed E-state index contributed by atoms with van der Waals surface area (Å²) < 4.78 is 10.8. The molecule has 3 heteroatoms. The number of methoxy groups -OCH3 is 2. The average Bonchev–Trinajstić information content (AvgIpc) is 2.47. The third-order valence-electron chi connectivity index (χ3n) is 4.41. The molecule has 0 spiro atoms. The van der Waals surface area contributed by atoms with E-state index in [2.05, 4.69) is 31.3 Å². The third-order valence-corrected chi connectivity index (χ3v) is 4.41. The molecule has 19 heavy (non-hydrogen) atoms. The van der Waals surface area contributed by atoms with E-state index in [4.69, 9.17) is 9.47 Å². The van der Waals surface area contributed by atoms with Crippen molar-refractivity contribution < 1.29 is 9.47 Å². The van der Waals surface area contributed by atoms with Crippen LogP contribution in [0.1, 0.15) is 32.3 Å². The van der Waals surface area contributed by atoms with Crippen LogP contribution in [0.15, 0.2) is 18.2 Å². The second kappa shape index (κ2) is 5.83. The summed E-state index contributed by atoms with van der Waals surface area (Å²) in [5, 5.41) is 3.51. The monoisotopic (exact) mass is 263 g/mol. The van der Waals surface area contributed by atoms with Gasteiger partial charge in [0.05, 0.1) is 14.2 Å². The molecule has 0 bridgehead atoms. The molecule has 1 aromatic carbocycles. The van der Waals surface area contributed by atoms with Crippen molar-refractivity contribution in [1.82, 2.24) is 5.32 Å². The number of hydrogen-bond acceptors (Lipinski definition) is 3. The zero-order valence-corrected chi connectivity index (χ0v) is 12.5. The van der Waals surface area contributed by atoms with E-state index in [1.165, 1.54) is 18.4 Å². The second-order valence-electron chi connectivity index (χ2n) is 5.87. The minimum atomic E-state index is 0.120. The van der Waals surface area contributed by atoms with Gasteiger partial charge in [-0.2, -0.15) is 0 Å². The van der Waals surface area contributed by atoms with E-state index in [-0.39, 0.29) is 5.41 Å². The molecular formula is C16H25NO2. The molecule has 1 aliphatic heterocycles. The van der Waals surface area contributed by atoms with E-state index < -0.39 is 0 Å². The van der Waals surface area contributed by atoms with Gasteiger partial charge in [0.1, 0.15) is 11.5 Å². The van der Waals surface area contributed by atoms with Crippen molar-refractivity contribution in [1.29, 1.82) is 0 Å². The SMILES string of the molecule is COc1cc(OC)cc(C(C)(C)C2CCCNC2)c1. The summed E-state index contributed by atoms with van der Waals surface area (Å²) in [4.78, 5) is 0. The van der Waals surface area contributed by atoms with Crippen LogP contribution in [0.5, 0.6) is 11.5 Å². The minimum absolute atomic E-state index is 0.120. The summed E-state index contributed by atoms with van der Waals surface area (Å²) in [6, 6.07) is 6.20. The minimum Gasteiger partial charge on any atom is -0.497 e. The molecule has 0 amide bonds. The van der Waals surface area contributed by atoms with Gasteiger partial charge in [-0.25, -0.2) is 0 Å². The highest BCUT2D eigenvalue weighted by Crippen LogP contribution is 2.38. The van der Waals surface area contributed by atoms with Crippen molar-refractivity contribution in [3.05, 3.63) is 23.8 Å². The zero-order valence-electron chi connectivity index (χ0n) is 12.5. The molecule has 1 unspecified atom stereocenters. The summed E-state index contributed by atoms with van der Waals surface area (Å²) in [7, 11) is 3.40. The van der Waals surface area contributed by atoms with Gasteiger partial charge in [0, 0.05) is 6.07 Å². The Kier molecular flexibility index (Phi) is 4.35. The predicted molar refractivity (Wildman–Crippen MR) is 78.2 cm³/mol. The summed E-state index contributed by atoms with van der Waals surface area (Å²) in [5.41, 5.74) is 1.41. The average molecular weight is 263 g/mol. The topological polar surface area (TPSA) is 30.5 Å². The van der Waals surface area contributed by atoms with E-state index in [0.29, 0.717) is 5.92 Å². The van der Waals surface area contributed by atoms with Crippen LogP contribution in [0.2, 0.25) is 0 Å². The third kappa shape index (κ3) is 3.03. The van der Waals surface area contributed by atoms with Gasteiger partial charge in [-0.1, -0.05) is 13.8 Å². The van der Waals surface area contributed by atoms with Crippen LogP contribution in [0.4, 0.5) is 0 Å². The first-order valence-electron chi connectivity index (χ1n) is 7.02. The van der Waals surface area contributed by atoms with Gasteiger partial charge < -0.3 is 14.8 Å². The van der Waals surface area contributed by atoms with E-state index in [1.54, 1.807) is 14.2 Å². The normalized spacial score (nSPS) is 20.1. The number of nitrogens with one attached hydrogen (secondary N) is 1.